The molecule has 4 aromatic rings. The Morgan fingerprint density at radius 1 is 0.707 bits per heavy atom. The quantitative estimate of drug-likeness (QED) is 0.169. The molecule has 41 heavy (non-hydrogen) atoms. The third-order valence-electron chi connectivity index (χ3n) is 6.73. The van der Waals surface area contributed by atoms with E-state index in [0.29, 0.717) is 6.42 Å². The van der Waals surface area contributed by atoms with Crippen molar-refractivity contribution in [3.63, 3.8) is 0 Å². The smallest absolute Gasteiger partial charge is 0.315 e. The van der Waals surface area contributed by atoms with Crippen molar-refractivity contribution in [3.8, 4) is 0 Å². The minimum Gasteiger partial charge on any atom is -0.344 e. The number of ketones is 1. The van der Waals surface area contributed by atoms with Crippen LogP contribution in [0.15, 0.2) is 103 Å². The summed E-state index contributed by atoms with van der Waals surface area (Å²) < 4.78 is 0. The summed E-state index contributed by atoms with van der Waals surface area (Å²) >= 11 is 0. The van der Waals surface area contributed by atoms with Gasteiger partial charge < -0.3 is 16.0 Å². The van der Waals surface area contributed by atoms with Crippen molar-refractivity contribution in [1.29, 1.82) is 0 Å². The van der Waals surface area contributed by atoms with Crippen molar-refractivity contribution < 1.29 is 19.3 Å². The summed E-state index contributed by atoms with van der Waals surface area (Å²) in [6.07, 6.45) is 0.783. The monoisotopic (exact) mass is 552 g/mol. The van der Waals surface area contributed by atoms with Crippen molar-refractivity contribution >= 4 is 28.5 Å². The van der Waals surface area contributed by atoms with Gasteiger partial charge in [-0.1, -0.05) is 103 Å². The number of carbonyl (C=O) groups is 3. The van der Waals surface area contributed by atoms with Crippen molar-refractivity contribution in [3.05, 3.63) is 130 Å². The second-order valence-electron chi connectivity index (χ2n) is 9.79. The predicted molar refractivity (Wildman–Crippen MR) is 157 cm³/mol. The Morgan fingerprint density at radius 3 is 2.02 bits per heavy atom. The molecule has 0 bridgehead atoms. The number of hydrogen-bond donors (Lipinski definition) is 3. The van der Waals surface area contributed by atoms with Gasteiger partial charge in [-0.05, 0) is 40.3 Å². The molecular weight excluding hydrogens is 520 g/mol. The van der Waals surface area contributed by atoms with Crippen molar-refractivity contribution in [1.82, 2.24) is 16.0 Å². The Morgan fingerprint density at radius 2 is 1.34 bits per heavy atom. The number of benzene rings is 4. The van der Waals surface area contributed by atoms with Crippen molar-refractivity contribution in [2.75, 3.05) is 6.54 Å². The number of fused-ring (bicyclic) bond motifs is 1. The SMILES string of the molecule is O=C(NCc1ccccc1)N[C@@H](Cc1ccc2ccccc2c1)C(=O)N[C@@H](CCc1ccccc1)C(=O)C[N+](=O)[O-]. The van der Waals surface area contributed by atoms with E-state index in [2.05, 4.69) is 16.0 Å². The molecule has 0 heterocycles. The Bertz CT molecular complexity index is 1490. The number of nitrogens with one attached hydrogen (secondary N) is 3. The first-order valence-corrected chi connectivity index (χ1v) is 13.4. The summed E-state index contributed by atoms with van der Waals surface area (Å²) in [5.41, 5.74) is 2.64. The molecule has 0 radical (unpaired) electrons. The fraction of sp³-hybridized carbons (Fsp3) is 0.219. The number of carbonyl (C=O) groups excluding carboxylic acids is 3. The van der Waals surface area contributed by atoms with Gasteiger partial charge in [0.25, 0.3) is 6.54 Å². The van der Waals surface area contributed by atoms with Crippen LogP contribution in [0.2, 0.25) is 0 Å². The van der Waals surface area contributed by atoms with Crippen molar-refractivity contribution in [2.45, 2.75) is 37.9 Å². The van der Waals surface area contributed by atoms with Crippen LogP contribution in [0, 0.1) is 10.1 Å². The summed E-state index contributed by atoms with van der Waals surface area (Å²) in [5, 5.41) is 21.3. The number of nitro groups is 1. The lowest BCUT2D eigenvalue weighted by Gasteiger charge is -2.23. The van der Waals surface area contributed by atoms with E-state index in [1.807, 2.05) is 103 Å². The van der Waals surface area contributed by atoms with E-state index in [-0.39, 0.29) is 19.4 Å². The van der Waals surface area contributed by atoms with E-state index in [4.69, 9.17) is 0 Å². The normalized spacial score (nSPS) is 12.2. The van der Waals surface area contributed by atoms with Gasteiger partial charge in [0.15, 0.2) is 0 Å². The Labute approximate surface area is 238 Å². The summed E-state index contributed by atoms with van der Waals surface area (Å²) in [5.74, 6) is -1.29. The zero-order valence-electron chi connectivity index (χ0n) is 22.5. The van der Waals surface area contributed by atoms with E-state index in [1.165, 1.54) is 0 Å². The third kappa shape index (κ3) is 8.99. The van der Waals surface area contributed by atoms with Crippen LogP contribution in [-0.2, 0) is 29.0 Å². The van der Waals surface area contributed by atoms with E-state index in [1.54, 1.807) is 0 Å². The maximum absolute atomic E-state index is 13.6. The molecule has 3 amide bonds. The zero-order valence-corrected chi connectivity index (χ0v) is 22.5. The molecule has 210 valence electrons. The number of amides is 3. The Balaban J connectivity index is 1.51. The van der Waals surface area contributed by atoms with E-state index < -0.39 is 41.3 Å². The van der Waals surface area contributed by atoms with Gasteiger partial charge in [0.05, 0.1) is 6.04 Å². The standard InChI is InChI=1S/C32H32N4O5/c37-30(22-36(40)41)28(18-16-23-9-3-1-4-10-23)34-31(38)29(35-32(39)33-21-24-11-5-2-6-12-24)20-25-15-17-26-13-7-8-14-27(26)19-25/h1-15,17,19,28-29H,16,18,20-22H2,(H,34,38)(H2,33,35,39)/t28-,29-/m0/s1. The maximum atomic E-state index is 13.6. The minimum absolute atomic E-state index is 0.157. The summed E-state index contributed by atoms with van der Waals surface area (Å²) in [6.45, 7) is -0.641. The van der Waals surface area contributed by atoms with Gasteiger partial charge >= 0.3 is 6.03 Å². The first-order valence-electron chi connectivity index (χ1n) is 13.4. The van der Waals surface area contributed by atoms with E-state index >= 15 is 0 Å². The molecule has 0 aromatic heterocycles. The van der Waals surface area contributed by atoms with Gasteiger partial charge in [0, 0.05) is 17.9 Å². The summed E-state index contributed by atoms with van der Waals surface area (Å²) in [6, 6.07) is 29.6. The number of aryl methyl sites for hydroxylation is 1. The summed E-state index contributed by atoms with van der Waals surface area (Å²) in [4.78, 5) is 49.6. The average molecular weight is 553 g/mol. The van der Waals surface area contributed by atoms with E-state index in [0.717, 1.165) is 27.5 Å². The van der Waals surface area contributed by atoms with Gasteiger partial charge in [0.1, 0.15) is 6.04 Å². The molecule has 9 heteroatoms. The summed E-state index contributed by atoms with van der Waals surface area (Å²) in [7, 11) is 0. The van der Waals surface area contributed by atoms with Crippen LogP contribution in [0.4, 0.5) is 4.79 Å². The molecule has 0 fully saturated rings. The second-order valence-corrected chi connectivity index (χ2v) is 9.79. The molecule has 2 atom stereocenters. The highest BCUT2D eigenvalue weighted by atomic mass is 16.6. The molecule has 4 rings (SSSR count). The van der Waals surface area contributed by atoms with Crippen LogP contribution >= 0.6 is 0 Å². The highest BCUT2D eigenvalue weighted by Gasteiger charge is 2.29. The molecule has 0 aliphatic rings. The van der Waals surface area contributed by atoms with Crippen LogP contribution in [0.25, 0.3) is 10.8 Å². The molecular formula is C32H32N4O5. The highest BCUT2D eigenvalue weighted by molar-refractivity contribution is 5.93. The van der Waals surface area contributed by atoms with Gasteiger partial charge in [-0.2, -0.15) is 0 Å². The number of rotatable bonds is 13. The van der Waals surface area contributed by atoms with E-state index in [9.17, 15) is 24.5 Å². The van der Waals surface area contributed by atoms with Gasteiger partial charge in [-0.25, -0.2) is 4.79 Å². The first kappa shape index (κ1) is 28.9. The fourth-order valence-electron chi connectivity index (χ4n) is 4.58. The van der Waals surface area contributed by atoms with Crippen LogP contribution < -0.4 is 16.0 Å². The van der Waals surface area contributed by atoms with Gasteiger partial charge in [0.2, 0.25) is 11.7 Å². The number of hydrogen-bond acceptors (Lipinski definition) is 5. The Hall–Kier alpha value is -5.05. The van der Waals surface area contributed by atoms with Crippen LogP contribution in [0.1, 0.15) is 23.1 Å². The topological polar surface area (TPSA) is 130 Å². The molecule has 0 spiro atoms. The van der Waals surface area contributed by atoms with Gasteiger partial charge in [-0.3, -0.25) is 19.7 Å². The molecule has 0 aliphatic heterocycles. The van der Waals surface area contributed by atoms with Gasteiger partial charge in [-0.15, -0.1) is 0 Å². The highest BCUT2D eigenvalue weighted by Crippen LogP contribution is 2.17. The molecule has 9 nitrogen and oxygen atoms in total. The maximum Gasteiger partial charge on any atom is 0.315 e. The molecule has 4 aromatic carbocycles. The predicted octanol–water partition coefficient (Wildman–Crippen LogP) is 4.21. The first-order chi connectivity index (χ1) is 19.9. The lowest BCUT2D eigenvalue weighted by Crippen LogP contribution is -2.54. The number of Topliss-reactive ketones (excluding diaryl/α,β-unsaturated/α-hetero) is 1. The fourth-order valence-corrected chi connectivity index (χ4v) is 4.58. The van der Waals surface area contributed by atoms with Crippen molar-refractivity contribution in [2.24, 2.45) is 0 Å². The molecule has 0 aliphatic carbocycles. The largest absolute Gasteiger partial charge is 0.344 e. The second kappa shape index (κ2) is 14.4. The molecule has 0 saturated carbocycles. The van der Waals surface area contributed by atoms with Crippen LogP contribution in [-0.4, -0.2) is 41.3 Å². The molecule has 0 saturated heterocycles. The lowest BCUT2D eigenvalue weighted by molar-refractivity contribution is -0.467. The number of nitrogens with zero attached hydrogens (tertiary/aromatic N) is 1. The molecule has 0 unspecified atom stereocenters. The minimum atomic E-state index is -1.08. The van der Waals surface area contributed by atoms with Crippen LogP contribution in [0.3, 0.4) is 0 Å². The number of urea groups is 1. The van der Waals surface area contributed by atoms with Crippen LogP contribution in [0.5, 0.6) is 0 Å². The zero-order chi connectivity index (χ0) is 29.0. The third-order valence-corrected chi connectivity index (χ3v) is 6.73. The average Bonchev–Trinajstić information content (AvgIpc) is 2.98. The Kier molecular flexibility index (Phi) is 10.1. The lowest BCUT2D eigenvalue weighted by atomic mass is 9.99. The molecule has 3 N–H and O–H groups in total.